The largest absolute Gasteiger partial charge is 0.493 e. The fourth-order valence-electron chi connectivity index (χ4n) is 4.52. The zero-order valence-electron chi connectivity index (χ0n) is 17.7. The van der Waals surface area contributed by atoms with Crippen LogP contribution in [0.4, 0.5) is 0 Å². The number of para-hydroxylation sites is 1. The van der Waals surface area contributed by atoms with E-state index in [1.54, 1.807) is 14.2 Å². The molecule has 5 rings (SSSR count). The number of methoxy groups -OCH3 is 2. The summed E-state index contributed by atoms with van der Waals surface area (Å²) in [5.41, 5.74) is 5.58. The van der Waals surface area contributed by atoms with Gasteiger partial charge in [-0.1, -0.05) is 24.3 Å². The third-order valence-corrected chi connectivity index (χ3v) is 6.06. The number of nitrogens with one attached hydrogen (secondary N) is 2. The molecule has 7 nitrogen and oxygen atoms in total. The van der Waals surface area contributed by atoms with Gasteiger partial charge in [-0.25, -0.2) is 0 Å². The number of benzene rings is 2. The minimum Gasteiger partial charge on any atom is -0.493 e. The van der Waals surface area contributed by atoms with Gasteiger partial charge in [-0.2, -0.15) is 5.10 Å². The minimum absolute atomic E-state index is 0.0565. The smallest absolute Gasteiger partial charge is 0.275 e. The third kappa shape index (κ3) is 3.04. The first kappa shape index (κ1) is 19.2. The zero-order chi connectivity index (χ0) is 21.5. The van der Waals surface area contributed by atoms with Crippen molar-refractivity contribution >= 4 is 16.8 Å². The number of carbonyl (C=O) groups excluding carboxylic acids is 1. The summed E-state index contributed by atoms with van der Waals surface area (Å²) in [5.74, 6) is 1.24. The Balaban J connectivity index is 1.52. The summed E-state index contributed by atoms with van der Waals surface area (Å²) >= 11 is 0. The van der Waals surface area contributed by atoms with E-state index in [2.05, 4.69) is 27.3 Å². The Morgan fingerprint density at radius 2 is 1.90 bits per heavy atom. The summed E-state index contributed by atoms with van der Waals surface area (Å²) in [6.07, 6.45) is 2.77. The number of H-pyrrole nitrogens is 2. The highest BCUT2D eigenvalue weighted by atomic mass is 16.5. The van der Waals surface area contributed by atoms with E-state index >= 15 is 0 Å². The van der Waals surface area contributed by atoms with Crippen LogP contribution in [0.3, 0.4) is 0 Å². The Hall–Kier alpha value is -3.74. The molecule has 0 bridgehead atoms. The van der Waals surface area contributed by atoms with Crippen LogP contribution >= 0.6 is 0 Å². The molecule has 1 aliphatic heterocycles. The number of rotatable bonds is 6. The lowest BCUT2D eigenvalue weighted by Crippen LogP contribution is -2.31. The van der Waals surface area contributed by atoms with E-state index in [0.717, 1.165) is 28.8 Å². The molecule has 158 valence electrons. The Morgan fingerprint density at radius 1 is 1.10 bits per heavy atom. The van der Waals surface area contributed by atoms with Crippen LogP contribution in [0.5, 0.6) is 11.5 Å². The number of amides is 1. The van der Waals surface area contributed by atoms with Crippen LogP contribution in [0.15, 0.2) is 48.7 Å². The second-order valence-electron chi connectivity index (χ2n) is 7.74. The molecule has 4 aromatic rings. The molecule has 3 heterocycles. The van der Waals surface area contributed by atoms with Gasteiger partial charge in [0.1, 0.15) is 0 Å². The van der Waals surface area contributed by atoms with Crippen LogP contribution in [0.2, 0.25) is 0 Å². The Kier molecular flexibility index (Phi) is 4.66. The number of carbonyl (C=O) groups is 1. The van der Waals surface area contributed by atoms with Crippen molar-refractivity contribution in [1.82, 2.24) is 20.1 Å². The molecule has 7 heteroatoms. The molecule has 1 atom stereocenters. The minimum atomic E-state index is -0.230. The highest BCUT2D eigenvalue weighted by Gasteiger charge is 2.41. The van der Waals surface area contributed by atoms with Crippen molar-refractivity contribution in [3.63, 3.8) is 0 Å². The van der Waals surface area contributed by atoms with E-state index < -0.39 is 0 Å². The molecule has 0 spiro atoms. The lowest BCUT2D eigenvalue weighted by atomic mass is 9.98. The molecule has 0 aliphatic carbocycles. The SMILES string of the molecule is COc1ccc([C@@H]2c3c(n[nH]c3C)C(=O)N2CCc2c[nH]c3ccccc23)cc1OC. The number of ether oxygens (including phenoxy) is 2. The molecule has 2 N–H and O–H groups in total. The second-order valence-corrected chi connectivity index (χ2v) is 7.74. The molecule has 1 amide bonds. The lowest BCUT2D eigenvalue weighted by molar-refractivity contribution is 0.0745. The van der Waals surface area contributed by atoms with Crippen molar-refractivity contribution in [3.05, 3.63) is 76.7 Å². The molecule has 2 aromatic carbocycles. The van der Waals surface area contributed by atoms with Crippen molar-refractivity contribution in [2.75, 3.05) is 20.8 Å². The van der Waals surface area contributed by atoms with E-state index in [1.807, 2.05) is 48.4 Å². The number of nitrogens with zero attached hydrogens (tertiary/aromatic N) is 2. The average Bonchev–Trinajstić information content (AvgIpc) is 3.46. The molecule has 0 fully saturated rings. The maximum Gasteiger partial charge on any atom is 0.275 e. The first-order valence-electron chi connectivity index (χ1n) is 10.2. The summed E-state index contributed by atoms with van der Waals surface area (Å²) in [5, 5.41) is 8.46. The monoisotopic (exact) mass is 416 g/mol. The van der Waals surface area contributed by atoms with Crippen LogP contribution in [0.25, 0.3) is 10.9 Å². The predicted octanol–water partition coefficient (Wildman–Crippen LogP) is 4.00. The molecule has 0 unspecified atom stereocenters. The molecule has 1 aliphatic rings. The number of aromatic amines is 2. The normalized spacial score (nSPS) is 15.5. The van der Waals surface area contributed by atoms with Gasteiger partial charge >= 0.3 is 0 Å². The van der Waals surface area contributed by atoms with E-state index in [0.29, 0.717) is 23.7 Å². The molecule has 0 radical (unpaired) electrons. The van der Waals surface area contributed by atoms with Crippen LogP contribution < -0.4 is 9.47 Å². The van der Waals surface area contributed by atoms with Crippen LogP contribution in [-0.4, -0.2) is 46.8 Å². The van der Waals surface area contributed by atoms with Crippen molar-refractivity contribution in [2.24, 2.45) is 0 Å². The van der Waals surface area contributed by atoms with E-state index in [1.165, 1.54) is 10.9 Å². The summed E-state index contributed by atoms with van der Waals surface area (Å²) in [7, 11) is 3.23. The summed E-state index contributed by atoms with van der Waals surface area (Å²) in [6, 6.07) is 13.8. The van der Waals surface area contributed by atoms with E-state index in [-0.39, 0.29) is 11.9 Å². The molecule has 31 heavy (non-hydrogen) atoms. The Morgan fingerprint density at radius 3 is 2.71 bits per heavy atom. The number of fused-ring (bicyclic) bond motifs is 2. The van der Waals surface area contributed by atoms with Crippen LogP contribution in [-0.2, 0) is 6.42 Å². The first-order chi connectivity index (χ1) is 15.1. The van der Waals surface area contributed by atoms with Crippen molar-refractivity contribution in [2.45, 2.75) is 19.4 Å². The number of aromatic nitrogens is 3. The topological polar surface area (TPSA) is 83.2 Å². The van der Waals surface area contributed by atoms with Gasteiger partial charge < -0.3 is 19.4 Å². The van der Waals surface area contributed by atoms with E-state index in [4.69, 9.17) is 9.47 Å². The van der Waals surface area contributed by atoms with Crippen molar-refractivity contribution in [3.8, 4) is 11.5 Å². The third-order valence-electron chi connectivity index (χ3n) is 6.06. The van der Waals surface area contributed by atoms with Gasteiger partial charge in [0.25, 0.3) is 5.91 Å². The fourth-order valence-corrected chi connectivity index (χ4v) is 4.52. The zero-order valence-corrected chi connectivity index (χ0v) is 17.7. The Bertz CT molecular complexity index is 1270. The maximum absolute atomic E-state index is 13.3. The molecular weight excluding hydrogens is 392 g/mol. The van der Waals surface area contributed by atoms with Gasteiger partial charge in [0.05, 0.1) is 20.3 Å². The van der Waals surface area contributed by atoms with E-state index in [9.17, 15) is 4.79 Å². The molecule has 2 aromatic heterocycles. The van der Waals surface area contributed by atoms with Crippen molar-refractivity contribution < 1.29 is 14.3 Å². The first-order valence-corrected chi connectivity index (χ1v) is 10.2. The highest BCUT2D eigenvalue weighted by Crippen LogP contribution is 2.42. The maximum atomic E-state index is 13.3. The fraction of sp³-hybridized carbons (Fsp3) is 0.250. The van der Waals surface area contributed by atoms with Crippen molar-refractivity contribution in [1.29, 1.82) is 0 Å². The highest BCUT2D eigenvalue weighted by molar-refractivity contribution is 5.98. The number of hydrogen-bond acceptors (Lipinski definition) is 4. The predicted molar refractivity (Wildman–Crippen MR) is 118 cm³/mol. The quantitative estimate of drug-likeness (QED) is 0.498. The molecule has 0 saturated carbocycles. The average molecular weight is 416 g/mol. The Labute approximate surface area is 180 Å². The van der Waals surface area contributed by atoms with Gasteiger partial charge in [-0.15, -0.1) is 0 Å². The van der Waals surface area contributed by atoms with Gasteiger partial charge in [0, 0.05) is 34.9 Å². The van der Waals surface area contributed by atoms with Gasteiger partial charge in [0.15, 0.2) is 17.2 Å². The summed E-state index contributed by atoms with van der Waals surface area (Å²) < 4.78 is 10.9. The standard InChI is InChI=1S/C24H24N4O3/c1-14-21-22(27-26-14)24(29)28(11-10-16-13-25-18-7-5-4-6-17(16)18)23(21)15-8-9-19(30-2)20(12-15)31-3/h4-9,12-13,23,25H,10-11H2,1-3H3,(H,26,27)/t23-/m1/s1. The van der Waals surface area contributed by atoms with Crippen LogP contribution in [0.1, 0.15) is 38.9 Å². The van der Waals surface area contributed by atoms with Gasteiger partial charge in [0.2, 0.25) is 0 Å². The number of aryl methyl sites for hydroxylation is 1. The molecular formula is C24H24N4O3. The van der Waals surface area contributed by atoms with Crippen LogP contribution in [0, 0.1) is 6.92 Å². The van der Waals surface area contributed by atoms with Gasteiger partial charge in [-0.05, 0) is 42.7 Å². The lowest BCUT2D eigenvalue weighted by Gasteiger charge is -2.26. The number of hydrogen-bond donors (Lipinski definition) is 2. The molecule has 0 saturated heterocycles. The van der Waals surface area contributed by atoms with Gasteiger partial charge in [-0.3, -0.25) is 9.89 Å². The second kappa shape index (κ2) is 7.50. The summed E-state index contributed by atoms with van der Waals surface area (Å²) in [4.78, 5) is 18.5. The summed E-state index contributed by atoms with van der Waals surface area (Å²) in [6.45, 7) is 2.53.